The van der Waals surface area contributed by atoms with Crippen LogP contribution in [0.15, 0.2) is 44.6 Å². The molecule has 0 saturated heterocycles. The second kappa shape index (κ2) is 6.98. The molecule has 128 valence electrons. The normalized spacial score (nSPS) is 13.4. The largest absolute Gasteiger partial charge is 0.416 e. The first-order valence-corrected chi connectivity index (χ1v) is 9.14. The number of nitrogens with one attached hydrogen (secondary N) is 1. The minimum absolute atomic E-state index is 0.500. The Hall–Kier alpha value is -1.18. The van der Waals surface area contributed by atoms with Gasteiger partial charge in [0.1, 0.15) is 0 Å². The molecule has 2 nitrogen and oxygen atoms in total. The van der Waals surface area contributed by atoms with Gasteiger partial charge in [-0.05, 0) is 48.4 Å². The number of alkyl halides is 3. The molecule has 1 heterocycles. The van der Waals surface area contributed by atoms with Crippen molar-refractivity contribution >= 4 is 33.4 Å². The summed E-state index contributed by atoms with van der Waals surface area (Å²) in [6, 6.07) is 8.37. The Balaban J connectivity index is 2.02. The maximum atomic E-state index is 13.2. The van der Waals surface area contributed by atoms with Gasteiger partial charge >= 0.3 is 6.18 Å². The molecular formula is C17H16BrF3N2S. The molecule has 3 N–H and O–H groups in total. The monoisotopic (exact) mass is 416 g/mol. The second-order valence-corrected chi connectivity index (χ2v) is 7.60. The van der Waals surface area contributed by atoms with E-state index in [1.807, 2.05) is 18.2 Å². The lowest BCUT2D eigenvalue weighted by Crippen LogP contribution is -2.14. The van der Waals surface area contributed by atoms with E-state index < -0.39 is 11.7 Å². The average Bonchev–Trinajstić information content (AvgIpc) is 2.52. The summed E-state index contributed by atoms with van der Waals surface area (Å²) in [5, 5.41) is 3.13. The second-order valence-electron chi connectivity index (χ2n) is 5.60. The maximum Gasteiger partial charge on any atom is 0.416 e. The van der Waals surface area contributed by atoms with Gasteiger partial charge in [0.2, 0.25) is 0 Å². The first kappa shape index (κ1) is 17.6. The highest BCUT2D eigenvalue weighted by molar-refractivity contribution is 9.10. The molecule has 2 aromatic rings. The van der Waals surface area contributed by atoms with Gasteiger partial charge in [0.05, 0.1) is 5.56 Å². The zero-order valence-corrected chi connectivity index (χ0v) is 15.1. The number of rotatable bonds is 4. The predicted octanol–water partition coefficient (Wildman–Crippen LogP) is 5.28. The Kier molecular flexibility index (Phi) is 5.13. The van der Waals surface area contributed by atoms with Gasteiger partial charge in [0, 0.05) is 32.9 Å². The van der Waals surface area contributed by atoms with E-state index in [4.69, 9.17) is 5.73 Å². The summed E-state index contributed by atoms with van der Waals surface area (Å²) in [6.45, 7) is 1.06. The molecule has 0 bridgehead atoms. The molecule has 0 aliphatic carbocycles. The molecule has 1 aliphatic heterocycles. The highest BCUT2D eigenvalue weighted by atomic mass is 79.9. The molecule has 0 spiro atoms. The quantitative estimate of drug-likeness (QED) is 0.567. The van der Waals surface area contributed by atoms with E-state index in [1.54, 1.807) is 0 Å². The lowest BCUT2D eigenvalue weighted by Gasteiger charge is -2.24. The van der Waals surface area contributed by atoms with Crippen LogP contribution < -0.4 is 11.1 Å². The van der Waals surface area contributed by atoms with E-state index in [0.717, 1.165) is 20.5 Å². The van der Waals surface area contributed by atoms with Crippen LogP contribution >= 0.6 is 27.7 Å². The van der Waals surface area contributed by atoms with Crippen LogP contribution in [0.25, 0.3) is 0 Å². The van der Waals surface area contributed by atoms with Crippen LogP contribution in [-0.4, -0.2) is 13.1 Å². The van der Waals surface area contributed by atoms with Crippen molar-refractivity contribution in [1.29, 1.82) is 0 Å². The molecule has 0 fully saturated rings. The van der Waals surface area contributed by atoms with Crippen molar-refractivity contribution in [2.75, 3.05) is 18.4 Å². The van der Waals surface area contributed by atoms with E-state index in [-0.39, 0.29) is 0 Å². The summed E-state index contributed by atoms with van der Waals surface area (Å²) in [7, 11) is 0. The standard InChI is InChI=1S/C17H16BrF3N2S/c18-12-3-2-10-6-13-14(23-5-1-4-22)7-11(17(19,20)21)8-16(13)24-15(10)9-12/h2-3,7-9,23H,1,4-6,22H2. The van der Waals surface area contributed by atoms with Crippen LogP contribution in [0.4, 0.5) is 18.9 Å². The first-order valence-electron chi connectivity index (χ1n) is 7.53. The van der Waals surface area contributed by atoms with Gasteiger partial charge in [0.25, 0.3) is 0 Å². The number of anilines is 1. The topological polar surface area (TPSA) is 38.0 Å². The Labute approximate surface area is 151 Å². The fourth-order valence-electron chi connectivity index (χ4n) is 2.64. The summed E-state index contributed by atoms with van der Waals surface area (Å²) in [5.74, 6) is 0. The van der Waals surface area contributed by atoms with Crippen molar-refractivity contribution < 1.29 is 13.2 Å². The SMILES string of the molecule is NCCCNc1cc(C(F)(F)F)cc2c1Cc1ccc(Br)cc1S2. The Morgan fingerprint density at radius 3 is 2.67 bits per heavy atom. The van der Waals surface area contributed by atoms with Gasteiger partial charge in [0.15, 0.2) is 0 Å². The number of halogens is 4. The van der Waals surface area contributed by atoms with Gasteiger partial charge in [-0.1, -0.05) is 33.8 Å². The lowest BCUT2D eigenvalue weighted by atomic mass is 10.00. The number of fused-ring (bicyclic) bond motifs is 2. The van der Waals surface area contributed by atoms with E-state index in [9.17, 15) is 13.2 Å². The number of hydrogen-bond acceptors (Lipinski definition) is 3. The molecule has 2 aromatic carbocycles. The smallest absolute Gasteiger partial charge is 0.385 e. The molecule has 0 aromatic heterocycles. The minimum Gasteiger partial charge on any atom is -0.385 e. The van der Waals surface area contributed by atoms with Crippen molar-refractivity contribution in [2.45, 2.75) is 28.8 Å². The summed E-state index contributed by atoms with van der Waals surface area (Å²) in [5.41, 5.74) is 7.45. The fourth-order valence-corrected chi connectivity index (χ4v) is 4.34. The number of hydrogen-bond donors (Lipinski definition) is 2. The lowest BCUT2D eigenvalue weighted by molar-refractivity contribution is -0.137. The molecule has 7 heteroatoms. The van der Waals surface area contributed by atoms with E-state index in [1.165, 1.54) is 23.9 Å². The predicted molar refractivity (Wildman–Crippen MR) is 94.7 cm³/mol. The molecular weight excluding hydrogens is 401 g/mol. The molecule has 1 aliphatic rings. The zero-order valence-electron chi connectivity index (χ0n) is 12.7. The van der Waals surface area contributed by atoms with Crippen molar-refractivity contribution in [3.63, 3.8) is 0 Å². The Morgan fingerprint density at radius 2 is 1.96 bits per heavy atom. The summed E-state index contributed by atoms with van der Waals surface area (Å²) in [6.07, 6.45) is -3.03. The van der Waals surface area contributed by atoms with E-state index in [2.05, 4.69) is 21.2 Å². The molecule has 24 heavy (non-hydrogen) atoms. The van der Waals surface area contributed by atoms with E-state index in [0.29, 0.717) is 36.5 Å². The fraction of sp³-hybridized carbons (Fsp3) is 0.294. The Morgan fingerprint density at radius 1 is 1.17 bits per heavy atom. The zero-order chi connectivity index (χ0) is 17.3. The van der Waals surface area contributed by atoms with Crippen LogP contribution in [0.1, 0.15) is 23.1 Å². The number of nitrogens with two attached hydrogens (primary N) is 1. The summed E-state index contributed by atoms with van der Waals surface area (Å²) in [4.78, 5) is 1.65. The molecule has 0 atom stereocenters. The Bertz CT molecular complexity index is 762. The van der Waals surface area contributed by atoms with Gasteiger partial charge in [-0.25, -0.2) is 0 Å². The van der Waals surface area contributed by atoms with Crippen molar-refractivity contribution in [1.82, 2.24) is 0 Å². The number of benzene rings is 2. The first-order chi connectivity index (χ1) is 11.4. The van der Waals surface area contributed by atoms with Crippen molar-refractivity contribution in [3.8, 4) is 0 Å². The third kappa shape index (κ3) is 3.73. The molecule has 0 amide bonds. The van der Waals surface area contributed by atoms with Crippen LogP contribution in [0.2, 0.25) is 0 Å². The van der Waals surface area contributed by atoms with Crippen LogP contribution in [0, 0.1) is 0 Å². The highest BCUT2D eigenvalue weighted by Crippen LogP contribution is 2.46. The highest BCUT2D eigenvalue weighted by Gasteiger charge is 2.33. The third-order valence-corrected chi connectivity index (χ3v) is 5.53. The molecule has 0 saturated carbocycles. The van der Waals surface area contributed by atoms with Crippen molar-refractivity contribution in [3.05, 3.63) is 51.5 Å². The van der Waals surface area contributed by atoms with E-state index >= 15 is 0 Å². The van der Waals surface area contributed by atoms with Gasteiger partial charge in [-0.15, -0.1) is 0 Å². The minimum atomic E-state index is -4.36. The van der Waals surface area contributed by atoms with Crippen molar-refractivity contribution in [2.24, 2.45) is 5.73 Å². The summed E-state index contributed by atoms with van der Waals surface area (Å²) >= 11 is 4.80. The molecule has 3 rings (SSSR count). The van der Waals surface area contributed by atoms with Crippen LogP contribution in [-0.2, 0) is 12.6 Å². The van der Waals surface area contributed by atoms with Crippen LogP contribution in [0.3, 0.4) is 0 Å². The average molecular weight is 417 g/mol. The maximum absolute atomic E-state index is 13.2. The summed E-state index contributed by atoms with van der Waals surface area (Å²) < 4.78 is 40.6. The molecule has 0 unspecified atom stereocenters. The third-order valence-electron chi connectivity index (χ3n) is 3.85. The van der Waals surface area contributed by atoms with Crippen LogP contribution in [0.5, 0.6) is 0 Å². The molecule has 0 radical (unpaired) electrons. The van der Waals surface area contributed by atoms with Gasteiger partial charge < -0.3 is 11.1 Å². The van der Waals surface area contributed by atoms with Gasteiger partial charge in [-0.3, -0.25) is 0 Å². The van der Waals surface area contributed by atoms with Gasteiger partial charge in [-0.2, -0.15) is 13.2 Å².